The number of benzene rings is 1. The van der Waals surface area contributed by atoms with Crippen LogP contribution in [0.25, 0.3) is 0 Å². The van der Waals surface area contributed by atoms with Crippen molar-refractivity contribution in [1.29, 1.82) is 0 Å². The predicted molar refractivity (Wildman–Crippen MR) is 92.1 cm³/mol. The molecule has 1 aliphatic heterocycles. The van der Waals surface area contributed by atoms with Crippen molar-refractivity contribution in [3.63, 3.8) is 0 Å². The number of nitro benzene ring substituents is 1. The number of nitro groups is 1. The zero-order chi connectivity index (χ0) is 13.9. The van der Waals surface area contributed by atoms with Crippen molar-refractivity contribution in [2.75, 3.05) is 26.2 Å². The van der Waals surface area contributed by atoms with Gasteiger partial charge in [0.15, 0.2) is 0 Å². The summed E-state index contributed by atoms with van der Waals surface area (Å²) in [6, 6.07) is 7.62. The lowest BCUT2D eigenvalue weighted by Gasteiger charge is -2.43. The van der Waals surface area contributed by atoms with E-state index in [0.717, 1.165) is 32.1 Å². The minimum atomic E-state index is -0.326. The van der Waals surface area contributed by atoms with Crippen molar-refractivity contribution in [2.24, 2.45) is 5.92 Å². The third-order valence-corrected chi connectivity index (χ3v) is 4.59. The Morgan fingerprint density at radius 2 is 1.73 bits per heavy atom. The van der Waals surface area contributed by atoms with Crippen LogP contribution in [0, 0.1) is 16.0 Å². The lowest BCUT2D eigenvalue weighted by atomic mass is 9.76. The monoisotopic (exact) mass is 347 g/mol. The third-order valence-electron chi connectivity index (χ3n) is 4.59. The van der Waals surface area contributed by atoms with Crippen LogP contribution in [0.1, 0.15) is 30.9 Å². The quantitative estimate of drug-likeness (QED) is 0.671. The first-order chi connectivity index (χ1) is 9.75. The van der Waals surface area contributed by atoms with Crippen LogP contribution in [-0.4, -0.2) is 36.0 Å². The number of halogens is 2. The summed E-state index contributed by atoms with van der Waals surface area (Å²) < 4.78 is 0. The molecular formula is C15H23Cl2N3O2. The van der Waals surface area contributed by atoms with Crippen LogP contribution in [0.3, 0.4) is 0 Å². The molecule has 0 amide bonds. The minimum Gasteiger partial charge on any atom is -0.314 e. The van der Waals surface area contributed by atoms with Crippen LogP contribution >= 0.6 is 24.8 Å². The van der Waals surface area contributed by atoms with E-state index >= 15 is 0 Å². The largest absolute Gasteiger partial charge is 0.314 e. The van der Waals surface area contributed by atoms with Gasteiger partial charge in [0.25, 0.3) is 5.69 Å². The van der Waals surface area contributed by atoms with Crippen molar-refractivity contribution in [3.05, 3.63) is 39.9 Å². The van der Waals surface area contributed by atoms with Crippen LogP contribution in [0.2, 0.25) is 0 Å². The minimum absolute atomic E-state index is 0. The molecule has 1 saturated heterocycles. The van der Waals surface area contributed by atoms with Gasteiger partial charge in [-0.2, -0.15) is 0 Å². The van der Waals surface area contributed by atoms with E-state index in [1.807, 2.05) is 12.1 Å². The average Bonchev–Trinajstić information content (AvgIpc) is 2.44. The summed E-state index contributed by atoms with van der Waals surface area (Å²) in [6.45, 7) is 4.21. The number of non-ortho nitro benzene ring substituents is 1. The van der Waals surface area contributed by atoms with Crippen LogP contribution in [0.15, 0.2) is 24.3 Å². The third kappa shape index (κ3) is 4.10. The van der Waals surface area contributed by atoms with E-state index in [1.165, 1.54) is 24.8 Å². The molecule has 2 aliphatic rings. The molecule has 7 heteroatoms. The maximum atomic E-state index is 10.8. The van der Waals surface area contributed by atoms with Gasteiger partial charge in [-0.05, 0) is 24.3 Å². The van der Waals surface area contributed by atoms with Crippen LogP contribution in [-0.2, 0) is 0 Å². The first kappa shape index (κ1) is 19.2. The summed E-state index contributed by atoms with van der Waals surface area (Å²) >= 11 is 0. The lowest BCUT2D eigenvalue weighted by molar-refractivity contribution is -0.384. The second-order valence-corrected chi connectivity index (χ2v) is 5.77. The molecule has 2 fully saturated rings. The smallest absolute Gasteiger partial charge is 0.269 e. The van der Waals surface area contributed by atoms with Crippen molar-refractivity contribution in [1.82, 2.24) is 10.2 Å². The Morgan fingerprint density at radius 3 is 2.18 bits per heavy atom. The first-order valence-corrected chi connectivity index (χ1v) is 7.45. The number of rotatable bonds is 4. The highest BCUT2D eigenvalue weighted by atomic mass is 35.5. The van der Waals surface area contributed by atoms with Gasteiger partial charge in [-0.3, -0.25) is 15.0 Å². The van der Waals surface area contributed by atoms with Crippen molar-refractivity contribution < 1.29 is 4.92 Å². The Kier molecular flexibility index (Phi) is 7.56. The van der Waals surface area contributed by atoms with Gasteiger partial charge in [-0.1, -0.05) is 18.6 Å². The van der Waals surface area contributed by atoms with Gasteiger partial charge in [-0.25, -0.2) is 0 Å². The number of nitrogens with one attached hydrogen (secondary N) is 1. The summed E-state index contributed by atoms with van der Waals surface area (Å²) in [5.41, 5.74) is 1.42. The zero-order valence-corrected chi connectivity index (χ0v) is 14.1. The number of hydrogen-bond acceptors (Lipinski definition) is 4. The van der Waals surface area contributed by atoms with Gasteiger partial charge in [0.1, 0.15) is 0 Å². The van der Waals surface area contributed by atoms with Crippen molar-refractivity contribution in [2.45, 2.75) is 25.3 Å². The fourth-order valence-electron chi connectivity index (χ4n) is 3.29. The van der Waals surface area contributed by atoms with E-state index in [9.17, 15) is 10.1 Å². The molecule has 22 heavy (non-hydrogen) atoms. The molecule has 1 N–H and O–H groups in total. The van der Waals surface area contributed by atoms with Gasteiger partial charge in [0.2, 0.25) is 0 Å². The van der Waals surface area contributed by atoms with Crippen LogP contribution in [0.4, 0.5) is 5.69 Å². The van der Waals surface area contributed by atoms with Crippen LogP contribution < -0.4 is 5.32 Å². The van der Waals surface area contributed by atoms with Crippen LogP contribution in [0.5, 0.6) is 0 Å². The topological polar surface area (TPSA) is 58.4 Å². The van der Waals surface area contributed by atoms with Crippen molar-refractivity contribution in [3.8, 4) is 0 Å². The number of nitrogens with zero attached hydrogens (tertiary/aromatic N) is 2. The SMILES string of the molecule is Cl.Cl.O=[N+]([O-])c1ccc([C@@H](C2CCC2)N2CCNCC2)cc1. The Morgan fingerprint density at radius 1 is 1.14 bits per heavy atom. The van der Waals surface area contributed by atoms with Gasteiger partial charge in [0.05, 0.1) is 4.92 Å². The summed E-state index contributed by atoms with van der Waals surface area (Å²) in [6.07, 6.45) is 3.89. The molecule has 0 unspecified atom stereocenters. The standard InChI is InChI=1S/C15H21N3O2.2ClH/c19-18(20)14-6-4-13(5-7-14)15(12-2-1-3-12)17-10-8-16-9-11-17;;/h4-7,12,15-16H,1-3,8-11H2;2*1H/t15-;;/m1../s1. The Balaban J connectivity index is 0.00000121. The second-order valence-electron chi connectivity index (χ2n) is 5.77. The molecule has 1 aromatic rings. The number of hydrogen-bond donors (Lipinski definition) is 1. The molecule has 0 spiro atoms. The molecule has 1 saturated carbocycles. The molecule has 1 aromatic carbocycles. The zero-order valence-electron chi connectivity index (χ0n) is 12.4. The lowest BCUT2D eigenvalue weighted by Crippen LogP contribution is -2.47. The van der Waals surface area contributed by atoms with E-state index in [0.29, 0.717) is 6.04 Å². The summed E-state index contributed by atoms with van der Waals surface area (Å²) in [4.78, 5) is 13.0. The molecule has 1 heterocycles. The van der Waals surface area contributed by atoms with Gasteiger partial charge >= 0.3 is 0 Å². The molecule has 1 atom stereocenters. The van der Waals surface area contributed by atoms with Gasteiger partial charge in [-0.15, -0.1) is 24.8 Å². The fourth-order valence-corrected chi connectivity index (χ4v) is 3.29. The van der Waals surface area contributed by atoms with E-state index in [4.69, 9.17) is 0 Å². The Hall–Kier alpha value is -0.880. The molecule has 3 rings (SSSR count). The van der Waals surface area contributed by atoms with Crippen molar-refractivity contribution >= 4 is 30.5 Å². The Labute approximate surface area is 143 Å². The van der Waals surface area contributed by atoms with E-state index in [1.54, 1.807) is 12.1 Å². The highest BCUT2D eigenvalue weighted by molar-refractivity contribution is 5.85. The fraction of sp³-hybridized carbons (Fsp3) is 0.600. The molecule has 0 radical (unpaired) electrons. The normalized spacial score (nSPS) is 20.2. The summed E-state index contributed by atoms with van der Waals surface area (Å²) in [7, 11) is 0. The molecule has 0 bridgehead atoms. The average molecular weight is 348 g/mol. The number of piperazine rings is 1. The Bertz CT molecular complexity index is 474. The summed E-state index contributed by atoms with van der Waals surface area (Å²) in [5.74, 6) is 0.717. The molecule has 124 valence electrons. The van der Waals surface area contributed by atoms with E-state index in [2.05, 4.69) is 10.2 Å². The maximum absolute atomic E-state index is 10.8. The maximum Gasteiger partial charge on any atom is 0.269 e. The second kappa shape index (κ2) is 8.67. The predicted octanol–water partition coefficient (Wildman–Crippen LogP) is 3.18. The molecule has 5 nitrogen and oxygen atoms in total. The highest BCUT2D eigenvalue weighted by Crippen LogP contribution is 2.41. The molecular weight excluding hydrogens is 325 g/mol. The van der Waals surface area contributed by atoms with E-state index in [-0.39, 0.29) is 35.4 Å². The van der Waals surface area contributed by atoms with E-state index < -0.39 is 0 Å². The molecule has 0 aromatic heterocycles. The molecule has 1 aliphatic carbocycles. The first-order valence-electron chi connectivity index (χ1n) is 7.45. The highest BCUT2D eigenvalue weighted by Gasteiger charge is 2.33. The van der Waals surface area contributed by atoms with Gasteiger partial charge < -0.3 is 5.32 Å². The van der Waals surface area contributed by atoms with Gasteiger partial charge in [0, 0.05) is 44.4 Å². The summed E-state index contributed by atoms with van der Waals surface area (Å²) in [5, 5.41) is 14.2.